The van der Waals surface area contributed by atoms with E-state index in [0.717, 1.165) is 19.2 Å². The Morgan fingerprint density at radius 1 is 1.33 bits per heavy atom. The first-order valence-corrected chi connectivity index (χ1v) is 8.75. The molecule has 1 amide bonds. The summed E-state index contributed by atoms with van der Waals surface area (Å²) in [6.45, 7) is 6.01. The molecule has 0 saturated heterocycles. The molecule has 0 fully saturated rings. The second-order valence-electron chi connectivity index (χ2n) is 5.55. The number of nitrogens with zero attached hydrogens (tertiary/aromatic N) is 1. The first-order valence-electron chi connectivity index (χ1n) is 6.86. The molecule has 1 heterocycles. The maximum absolute atomic E-state index is 12.0. The standard InChI is InChI=1S/C14H23N3O3S/c1-5-9-15-12-8-6-7-11(17-12)13(18)16-10-14(2,3)21(4,19)20/h6-8H,5,9-10H2,1-4H3,(H,15,17)(H,16,18). The van der Waals surface area contributed by atoms with Crippen molar-refractivity contribution < 1.29 is 13.2 Å². The van der Waals surface area contributed by atoms with Gasteiger partial charge in [0.05, 0.1) is 4.75 Å². The summed E-state index contributed by atoms with van der Waals surface area (Å²) in [5.41, 5.74) is 0.264. The van der Waals surface area contributed by atoms with Gasteiger partial charge in [0.1, 0.15) is 11.5 Å². The van der Waals surface area contributed by atoms with Crippen LogP contribution < -0.4 is 10.6 Å². The van der Waals surface area contributed by atoms with Crippen molar-refractivity contribution in [2.45, 2.75) is 31.9 Å². The van der Waals surface area contributed by atoms with Gasteiger partial charge in [0, 0.05) is 19.3 Å². The average molecular weight is 313 g/mol. The predicted octanol–water partition coefficient (Wildman–Crippen LogP) is 1.46. The third kappa shape index (κ3) is 5.00. The van der Waals surface area contributed by atoms with Crippen LogP contribution in [0.15, 0.2) is 18.2 Å². The molecule has 2 N–H and O–H groups in total. The molecule has 0 aliphatic rings. The Labute approximate surface area is 126 Å². The molecule has 0 aliphatic carbocycles. The van der Waals surface area contributed by atoms with Crippen LogP contribution in [0.4, 0.5) is 5.82 Å². The highest BCUT2D eigenvalue weighted by molar-refractivity contribution is 7.92. The SMILES string of the molecule is CCCNc1cccc(C(=O)NCC(C)(C)S(C)(=O)=O)n1. The lowest BCUT2D eigenvalue weighted by molar-refractivity contribution is 0.0945. The summed E-state index contributed by atoms with van der Waals surface area (Å²) in [6, 6.07) is 5.12. The fourth-order valence-electron chi connectivity index (χ4n) is 1.43. The number of anilines is 1. The van der Waals surface area contributed by atoms with Crippen LogP contribution in [-0.2, 0) is 9.84 Å². The highest BCUT2D eigenvalue weighted by Crippen LogP contribution is 2.13. The predicted molar refractivity (Wildman–Crippen MR) is 84.3 cm³/mol. The van der Waals surface area contributed by atoms with Crippen LogP contribution in [0.1, 0.15) is 37.7 Å². The van der Waals surface area contributed by atoms with Gasteiger partial charge in [0.25, 0.3) is 5.91 Å². The first kappa shape index (κ1) is 17.4. The number of amides is 1. The molecule has 0 radical (unpaired) electrons. The molecule has 1 aromatic rings. The molecule has 0 spiro atoms. The Hall–Kier alpha value is -1.63. The number of sulfone groups is 1. The quantitative estimate of drug-likeness (QED) is 0.795. The molecule has 0 aromatic carbocycles. The number of carbonyl (C=O) groups is 1. The number of hydrogen-bond acceptors (Lipinski definition) is 5. The van der Waals surface area contributed by atoms with Gasteiger partial charge in [-0.2, -0.15) is 0 Å². The van der Waals surface area contributed by atoms with Crippen molar-refractivity contribution in [1.29, 1.82) is 0 Å². The summed E-state index contributed by atoms with van der Waals surface area (Å²) >= 11 is 0. The molecule has 118 valence electrons. The van der Waals surface area contributed by atoms with E-state index in [9.17, 15) is 13.2 Å². The van der Waals surface area contributed by atoms with Crippen molar-refractivity contribution in [1.82, 2.24) is 10.3 Å². The molecule has 0 saturated carbocycles. The van der Waals surface area contributed by atoms with Crippen LogP contribution in [0.25, 0.3) is 0 Å². The maximum Gasteiger partial charge on any atom is 0.270 e. The van der Waals surface area contributed by atoms with Crippen molar-refractivity contribution >= 4 is 21.6 Å². The second-order valence-corrected chi connectivity index (χ2v) is 8.20. The third-order valence-corrected chi connectivity index (χ3v) is 5.37. The van der Waals surface area contributed by atoms with Gasteiger partial charge in [-0.1, -0.05) is 13.0 Å². The van der Waals surface area contributed by atoms with Crippen molar-refractivity contribution in [3.8, 4) is 0 Å². The van der Waals surface area contributed by atoms with Gasteiger partial charge < -0.3 is 10.6 Å². The summed E-state index contributed by atoms with van der Waals surface area (Å²) in [4.78, 5) is 16.2. The molecule has 0 unspecified atom stereocenters. The minimum Gasteiger partial charge on any atom is -0.370 e. The molecule has 6 nitrogen and oxygen atoms in total. The summed E-state index contributed by atoms with van der Waals surface area (Å²) in [5.74, 6) is 0.249. The average Bonchev–Trinajstić information content (AvgIpc) is 2.41. The highest BCUT2D eigenvalue weighted by Gasteiger charge is 2.30. The Balaban J connectivity index is 2.72. The lowest BCUT2D eigenvalue weighted by atomic mass is 10.2. The van der Waals surface area contributed by atoms with E-state index in [-0.39, 0.29) is 18.1 Å². The van der Waals surface area contributed by atoms with Gasteiger partial charge in [0.2, 0.25) is 0 Å². The number of aromatic nitrogens is 1. The van der Waals surface area contributed by atoms with E-state index >= 15 is 0 Å². The number of hydrogen-bond donors (Lipinski definition) is 2. The first-order chi connectivity index (χ1) is 9.67. The lowest BCUT2D eigenvalue weighted by Gasteiger charge is -2.22. The van der Waals surface area contributed by atoms with Crippen LogP contribution in [0.5, 0.6) is 0 Å². The van der Waals surface area contributed by atoms with E-state index in [1.165, 1.54) is 0 Å². The van der Waals surface area contributed by atoms with Crippen LogP contribution in [-0.4, -0.2) is 43.4 Å². The van der Waals surface area contributed by atoms with E-state index in [0.29, 0.717) is 5.82 Å². The zero-order chi connectivity index (χ0) is 16.1. The van der Waals surface area contributed by atoms with Crippen LogP contribution in [0.2, 0.25) is 0 Å². The van der Waals surface area contributed by atoms with E-state index in [4.69, 9.17) is 0 Å². The second kappa shape index (κ2) is 6.89. The fourth-order valence-corrected chi connectivity index (χ4v) is 1.76. The minimum absolute atomic E-state index is 0.0406. The Bertz CT molecular complexity index is 597. The zero-order valence-electron chi connectivity index (χ0n) is 12.9. The molecule has 0 aliphatic heterocycles. The van der Waals surface area contributed by atoms with Crippen molar-refractivity contribution in [3.63, 3.8) is 0 Å². The van der Waals surface area contributed by atoms with Gasteiger partial charge >= 0.3 is 0 Å². The van der Waals surface area contributed by atoms with Gasteiger partial charge in [0.15, 0.2) is 9.84 Å². The zero-order valence-corrected chi connectivity index (χ0v) is 13.8. The molecule has 1 rings (SSSR count). The number of rotatable bonds is 7. The number of nitrogens with one attached hydrogen (secondary N) is 2. The van der Waals surface area contributed by atoms with Gasteiger partial charge in [-0.25, -0.2) is 13.4 Å². The van der Waals surface area contributed by atoms with E-state index in [1.54, 1.807) is 32.0 Å². The normalized spacial score (nSPS) is 12.0. The van der Waals surface area contributed by atoms with Crippen LogP contribution >= 0.6 is 0 Å². The largest absolute Gasteiger partial charge is 0.370 e. The fraction of sp³-hybridized carbons (Fsp3) is 0.571. The summed E-state index contributed by atoms with van der Waals surface area (Å²) < 4.78 is 22.2. The summed E-state index contributed by atoms with van der Waals surface area (Å²) in [5, 5.41) is 5.72. The van der Waals surface area contributed by atoms with Crippen LogP contribution in [0, 0.1) is 0 Å². The maximum atomic E-state index is 12.0. The lowest BCUT2D eigenvalue weighted by Crippen LogP contribution is -2.43. The topological polar surface area (TPSA) is 88.2 Å². The molecule has 1 aromatic heterocycles. The van der Waals surface area contributed by atoms with Crippen molar-refractivity contribution in [2.24, 2.45) is 0 Å². The summed E-state index contributed by atoms with van der Waals surface area (Å²) in [6.07, 6.45) is 2.12. The highest BCUT2D eigenvalue weighted by atomic mass is 32.2. The molecular weight excluding hydrogens is 290 g/mol. The van der Waals surface area contributed by atoms with E-state index < -0.39 is 14.6 Å². The molecule has 7 heteroatoms. The third-order valence-electron chi connectivity index (χ3n) is 3.22. The van der Waals surface area contributed by atoms with E-state index in [1.807, 2.05) is 6.92 Å². The van der Waals surface area contributed by atoms with Gasteiger partial charge in [-0.05, 0) is 32.4 Å². The number of carbonyl (C=O) groups excluding carboxylic acids is 1. The summed E-state index contributed by atoms with van der Waals surface area (Å²) in [7, 11) is -3.25. The van der Waals surface area contributed by atoms with Gasteiger partial charge in [-0.3, -0.25) is 4.79 Å². The monoisotopic (exact) mass is 313 g/mol. The molecular formula is C14H23N3O3S. The number of pyridine rings is 1. The van der Waals surface area contributed by atoms with E-state index in [2.05, 4.69) is 15.6 Å². The van der Waals surface area contributed by atoms with Gasteiger partial charge in [-0.15, -0.1) is 0 Å². The minimum atomic E-state index is -3.25. The Morgan fingerprint density at radius 2 is 2.00 bits per heavy atom. The van der Waals surface area contributed by atoms with Crippen LogP contribution in [0.3, 0.4) is 0 Å². The van der Waals surface area contributed by atoms with Crippen molar-refractivity contribution in [2.75, 3.05) is 24.7 Å². The smallest absolute Gasteiger partial charge is 0.270 e. The Morgan fingerprint density at radius 3 is 2.57 bits per heavy atom. The Kier molecular flexibility index (Phi) is 5.71. The van der Waals surface area contributed by atoms with Crippen molar-refractivity contribution in [3.05, 3.63) is 23.9 Å². The molecule has 21 heavy (non-hydrogen) atoms. The molecule has 0 atom stereocenters. The molecule has 0 bridgehead atoms.